The molecule has 4 heterocycles. The molecule has 0 aliphatic carbocycles. The van der Waals surface area contributed by atoms with Crippen molar-refractivity contribution in [3.05, 3.63) is 17.2 Å². The Kier molecular flexibility index (Phi) is 2.62. The first-order chi connectivity index (χ1) is 10.2. The van der Waals surface area contributed by atoms with Crippen LogP contribution < -0.4 is 5.73 Å². The van der Waals surface area contributed by atoms with Crippen molar-refractivity contribution in [1.82, 2.24) is 40.1 Å². The zero-order chi connectivity index (χ0) is 14.4. The van der Waals surface area contributed by atoms with E-state index in [-0.39, 0.29) is 0 Å². The van der Waals surface area contributed by atoms with Crippen LogP contribution in [0.5, 0.6) is 0 Å². The number of nitrogens with two attached hydrogens (primary N) is 1. The van der Waals surface area contributed by atoms with Gasteiger partial charge in [-0.1, -0.05) is 0 Å². The van der Waals surface area contributed by atoms with Gasteiger partial charge in [-0.05, 0) is 24.0 Å². The SMILES string of the molecule is Nc1nc(Sc2ncc3cn[nH]c3n2)nc2[nH]c(=S)[nH]c12. The quantitative estimate of drug-likeness (QED) is 0.321. The van der Waals surface area contributed by atoms with E-state index in [4.69, 9.17) is 18.0 Å². The first-order valence-electron chi connectivity index (χ1n) is 5.78. The standard InChI is InChI=1S/C10H7N9S2/c11-5-4-7(16-8(20)14-4)18-10(15-5)21-9-12-1-3-2-13-19-6(3)17-9/h1-2H,(H,12,13,17,19)(H4,11,14,15,16,18,20). The molecular weight excluding hydrogens is 310 g/mol. The summed E-state index contributed by atoms with van der Waals surface area (Å²) in [5, 5.41) is 8.46. The molecular formula is C10H7N9S2. The molecule has 4 rings (SSSR count). The van der Waals surface area contributed by atoms with Gasteiger partial charge in [0.15, 0.2) is 32.2 Å². The van der Waals surface area contributed by atoms with E-state index in [9.17, 15) is 0 Å². The first-order valence-corrected chi connectivity index (χ1v) is 7.01. The number of anilines is 1. The van der Waals surface area contributed by atoms with E-state index in [2.05, 4.69) is 40.1 Å². The maximum absolute atomic E-state index is 5.88. The molecule has 0 aliphatic rings. The second-order valence-electron chi connectivity index (χ2n) is 4.12. The van der Waals surface area contributed by atoms with Gasteiger partial charge in [0.2, 0.25) is 0 Å². The second-order valence-corrected chi connectivity index (χ2v) is 5.47. The van der Waals surface area contributed by atoms with Gasteiger partial charge in [-0.3, -0.25) is 5.10 Å². The van der Waals surface area contributed by atoms with Crippen LogP contribution in [0.15, 0.2) is 22.7 Å². The third-order valence-electron chi connectivity index (χ3n) is 2.74. The number of hydrogen-bond acceptors (Lipinski definition) is 8. The van der Waals surface area contributed by atoms with E-state index in [0.717, 1.165) is 5.39 Å². The van der Waals surface area contributed by atoms with Crippen LogP contribution in [-0.2, 0) is 0 Å². The summed E-state index contributed by atoms with van der Waals surface area (Å²) in [6.45, 7) is 0. The Labute approximate surface area is 125 Å². The third kappa shape index (κ3) is 2.11. The Balaban J connectivity index is 1.77. The molecule has 0 spiro atoms. The molecule has 21 heavy (non-hydrogen) atoms. The van der Waals surface area contributed by atoms with Crippen LogP contribution >= 0.6 is 24.0 Å². The predicted octanol–water partition coefficient (Wildman–Crippen LogP) is 1.42. The lowest BCUT2D eigenvalue weighted by Gasteiger charge is -2.00. The van der Waals surface area contributed by atoms with Gasteiger partial charge in [0.05, 0.1) is 11.6 Å². The highest BCUT2D eigenvalue weighted by Gasteiger charge is 2.11. The predicted molar refractivity (Wildman–Crippen MR) is 79.3 cm³/mol. The molecule has 4 aromatic heterocycles. The average Bonchev–Trinajstić information content (AvgIpc) is 3.04. The van der Waals surface area contributed by atoms with Crippen LogP contribution in [0, 0.1) is 4.77 Å². The molecule has 0 radical (unpaired) electrons. The lowest BCUT2D eigenvalue weighted by molar-refractivity contribution is 0.951. The Morgan fingerprint density at radius 1 is 1.05 bits per heavy atom. The lowest BCUT2D eigenvalue weighted by Crippen LogP contribution is -1.97. The Morgan fingerprint density at radius 3 is 2.81 bits per heavy atom. The van der Waals surface area contributed by atoms with E-state index < -0.39 is 0 Å². The smallest absolute Gasteiger partial charge is 0.199 e. The van der Waals surface area contributed by atoms with Crippen LogP contribution in [0.1, 0.15) is 0 Å². The van der Waals surface area contributed by atoms with Crippen LogP contribution in [0.2, 0.25) is 0 Å². The maximum Gasteiger partial charge on any atom is 0.199 e. The summed E-state index contributed by atoms with van der Waals surface area (Å²) in [7, 11) is 0. The molecule has 0 fully saturated rings. The van der Waals surface area contributed by atoms with Crippen LogP contribution in [-0.4, -0.2) is 40.1 Å². The van der Waals surface area contributed by atoms with Crippen molar-refractivity contribution in [3.63, 3.8) is 0 Å². The van der Waals surface area contributed by atoms with Crippen LogP contribution in [0.4, 0.5) is 5.82 Å². The minimum Gasteiger partial charge on any atom is -0.382 e. The van der Waals surface area contributed by atoms with Crippen molar-refractivity contribution < 1.29 is 0 Å². The summed E-state index contributed by atoms with van der Waals surface area (Å²) in [4.78, 5) is 22.9. The van der Waals surface area contributed by atoms with Gasteiger partial charge < -0.3 is 15.7 Å². The van der Waals surface area contributed by atoms with E-state index in [1.807, 2.05) is 0 Å². The highest BCUT2D eigenvalue weighted by molar-refractivity contribution is 7.99. The number of nitrogens with one attached hydrogen (secondary N) is 3. The zero-order valence-corrected chi connectivity index (χ0v) is 11.9. The third-order valence-corrected chi connectivity index (χ3v) is 3.69. The second kappa shape index (κ2) is 4.49. The Hall–Kier alpha value is -2.53. The molecule has 0 aliphatic heterocycles. The number of nitrogens with zero attached hydrogens (tertiary/aromatic N) is 5. The number of H-pyrrole nitrogens is 3. The van der Waals surface area contributed by atoms with Gasteiger partial charge in [-0.15, -0.1) is 0 Å². The number of hydrogen-bond donors (Lipinski definition) is 4. The Bertz CT molecular complexity index is 1010. The topological polar surface area (TPSA) is 138 Å². The van der Waals surface area contributed by atoms with Crippen molar-refractivity contribution in [2.75, 3.05) is 5.73 Å². The molecule has 0 bridgehead atoms. The highest BCUT2D eigenvalue weighted by atomic mass is 32.2. The van der Waals surface area contributed by atoms with Gasteiger partial charge in [-0.2, -0.15) is 5.10 Å². The van der Waals surface area contributed by atoms with Crippen LogP contribution in [0.25, 0.3) is 22.2 Å². The molecule has 0 atom stereocenters. The van der Waals surface area contributed by atoms with Gasteiger partial charge in [-0.25, -0.2) is 19.9 Å². The lowest BCUT2D eigenvalue weighted by atomic mass is 10.5. The van der Waals surface area contributed by atoms with E-state index in [1.54, 1.807) is 12.4 Å². The number of fused-ring (bicyclic) bond motifs is 2. The minimum absolute atomic E-state index is 0.317. The normalized spacial score (nSPS) is 11.4. The van der Waals surface area contributed by atoms with Crippen molar-refractivity contribution in [1.29, 1.82) is 0 Å². The summed E-state index contributed by atoms with van der Waals surface area (Å²) < 4.78 is 0.447. The number of imidazole rings is 1. The summed E-state index contributed by atoms with van der Waals surface area (Å²) in [6, 6.07) is 0. The van der Waals surface area contributed by atoms with E-state index >= 15 is 0 Å². The summed E-state index contributed by atoms with van der Waals surface area (Å²) in [5.41, 5.74) is 7.68. The fourth-order valence-electron chi connectivity index (χ4n) is 1.82. The molecule has 11 heteroatoms. The molecule has 0 amide bonds. The van der Waals surface area contributed by atoms with Gasteiger partial charge >= 0.3 is 0 Å². The molecule has 4 aromatic rings. The first kappa shape index (κ1) is 12.2. The number of aromatic amines is 3. The number of aromatic nitrogens is 8. The van der Waals surface area contributed by atoms with Gasteiger partial charge in [0.25, 0.3) is 0 Å². The molecule has 0 saturated heterocycles. The fourth-order valence-corrected chi connectivity index (χ4v) is 2.71. The monoisotopic (exact) mass is 317 g/mol. The average molecular weight is 317 g/mol. The van der Waals surface area contributed by atoms with Crippen molar-refractivity contribution in [2.45, 2.75) is 10.3 Å². The van der Waals surface area contributed by atoms with Gasteiger partial charge in [0.1, 0.15) is 5.52 Å². The molecule has 0 saturated carbocycles. The highest BCUT2D eigenvalue weighted by Crippen LogP contribution is 2.25. The molecule has 9 nitrogen and oxygen atoms in total. The van der Waals surface area contributed by atoms with Crippen molar-refractivity contribution in [3.8, 4) is 0 Å². The maximum atomic E-state index is 5.88. The Morgan fingerprint density at radius 2 is 1.90 bits per heavy atom. The van der Waals surface area contributed by atoms with Gasteiger partial charge in [0, 0.05) is 6.20 Å². The summed E-state index contributed by atoms with van der Waals surface area (Å²) >= 11 is 6.22. The minimum atomic E-state index is 0.317. The summed E-state index contributed by atoms with van der Waals surface area (Å²) in [6.07, 6.45) is 3.34. The summed E-state index contributed by atoms with van der Waals surface area (Å²) in [5.74, 6) is 0.317. The fraction of sp³-hybridized carbons (Fsp3) is 0. The largest absolute Gasteiger partial charge is 0.382 e. The van der Waals surface area contributed by atoms with Crippen molar-refractivity contribution >= 4 is 52.0 Å². The van der Waals surface area contributed by atoms with E-state index in [1.165, 1.54) is 11.8 Å². The van der Waals surface area contributed by atoms with E-state index in [0.29, 0.717) is 37.7 Å². The molecule has 5 N–H and O–H groups in total. The van der Waals surface area contributed by atoms with Crippen molar-refractivity contribution in [2.24, 2.45) is 0 Å². The number of rotatable bonds is 2. The zero-order valence-electron chi connectivity index (χ0n) is 10.3. The number of nitrogen functional groups attached to an aromatic ring is 1. The molecule has 0 unspecified atom stereocenters. The molecule has 0 aromatic carbocycles. The molecule has 104 valence electrons. The van der Waals surface area contributed by atoms with Crippen LogP contribution in [0.3, 0.4) is 0 Å².